The van der Waals surface area contributed by atoms with Crippen molar-refractivity contribution in [1.29, 1.82) is 0 Å². The van der Waals surface area contributed by atoms with E-state index in [0.29, 0.717) is 11.4 Å². The van der Waals surface area contributed by atoms with Gasteiger partial charge in [0.1, 0.15) is 0 Å². The lowest BCUT2D eigenvalue weighted by Crippen LogP contribution is -2.15. The standard InChI is InChI=1S/C17H18F2N2O3/c1-9-7-10(2)20-11(3)15(9)21-16(22)12-5-6-13(24-17(18)19)14(8-12)23-4/h5-8,17H,1-4H3,(H,21,22). The van der Waals surface area contributed by atoms with Crippen LogP contribution in [-0.4, -0.2) is 24.6 Å². The van der Waals surface area contributed by atoms with Gasteiger partial charge in [-0.05, 0) is 50.6 Å². The van der Waals surface area contributed by atoms with Gasteiger partial charge in [0.05, 0.1) is 18.5 Å². The van der Waals surface area contributed by atoms with Gasteiger partial charge >= 0.3 is 6.61 Å². The molecule has 0 saturated heterocycles. The average Bonchev–Trinajstić information content (AvgIpc) is 2.50. The molecule has 0 saturated carbocycles. The van der Waals surface area contributed by atoms with Gasteiger partial charge < -0.3 is 14.8 Å². The second-order valence-corrected chi connectivity index (χ2v) is 5.24. The Labute approximate surface area is 138 Å². The van der Waals surface area contributed by atoms with Gasteiger partial charge in [0.25, 0.3) is 5.91 Å². The van der Waals surface area contributed by atoms with E-state index in [4.69, 9.17) is 4.74 Å². The molecule has 2 rings (SSSR count). The summed E-state index contributed by atoms with van der Waals surface area (Å²) >= 11 is 0. The van der Waals surface area contributed by atoms with Crippen LogP contribution in [0.5, 0.6) is 11.5 Å². The van der Waals surface area contributed by atoms with Crippen LogP contribution < -0.4 is 14.8 Å². The fourth-order valence-electron chi connectivity index (χ4n) is 2.40. The summed E-state index contributed by atoms with van der Waals surface area (Å²) in [4.78, 5) is 16.7. The van der Waals surface area contributed by atoms with Crippen molar-refractivity contribution < 1.29 is 23.0 Å². The molecule has 0 unspecified atom stereocenters. The second-order valence-electron chi connectivity index (χ2n) is 5.24. The zero-order chi connectivity index (χ0) is 17.9. The molecule has 1 aromatic heterocycles. The fourth-order valence-corrected chi connectivity index (χ4v) is 2.40. The molecule has 2 aromatic rings. The number of nitrogens with one attached hydrogen (secondary N) is 1. The third-order valence-corrected chi connectivity index (χ3v) is 3.41. The van der Waals surface area contributed by atoms with Crippen molar-refractivity contribution in [3.63, 3.8) is 0 Å². The molecule has 0 aliphatic rings. The van der Waals surface area contributed by atoms with Crippen molar-refractivity contribution in [2.75, 3.05) is 12.4 Å². The van der Waals surface area contributed by atoms with Crippen LogP contribution >= 0.6 is 0 Å². The molecule has 0 aliphatic heterocycles. The van der Waals surface area contributed by atoms with Gasteiger partial charge in [-0.3, -0.25) is 9.78 Å². The van der Waals surface area contributed by atoms with Gasteiger partial charge in [-0.2, -0.15) is 8.78 Å². The summed E-state index contributed by atoms with van der Waals surface area (Å²) in [7, 11) is 1.31. The first-order valence-electron chi connectivity index (χ1n) is 7.21. The number of benzene rings is 1. The van der Waals surface area contributed by atoms with E-state index in [2.05, 4.69) is 15.0 Å². The number of rotatable bonds is 5. The molecule has 5 nitrogen and oxygen atoms in total. The van der Waals surface area contributed by atoms with Crippen molar-refractivity contribution in [1.82, 2.24) is 4.98 Å². The number of alkyl halides is 2. The largest absolute Gasteiger partial charge is 0.493 e. The van der Waals surface area contributed by atoms with Crippen LogP contribution in [0.2, 0.25) is 0 Å². The van der Waals surface area contributed by atoms with E-state index in [1.807, 2.05) is 19.9 Å². The number of aryl methyl sites for hydroxylation is 3. The number of hydrogen-bond acceptors (Lipinski definition) is 4. The number of anilines is 1. The highest BCUT2D eigenvalue weighted by Crippen LogP contribution is 2.30. The number of nitrogens with zero attached hydrogens (tertiary/aromatic N) is 1. The molecule has 0 radical (unpaired) electrons. The van der Waals surface area contributed by atoms with Crippen molar-refractivity contribution in [2.45, 2.75) is 27.4 Å². The van der Waals surface area contributed by atoms with Crippen LogP contribution in [-0.2, 0) is 0 Å². The highest BCUT2D eigenvalue weighted by atomic mass is 19.3. The normalized spacial score (nSPS) is 10.6. The average molecular weight is 336 g/mol. The molecular weight excluding hydrogens is 318 g/mol. The Hall–Kier alpha value is -2.70. The van der Waals surface area contributed by atoms with Gasteiger partial charge in [0.2, 0.25) is 0 Å². The van der Waals surface area contributed by atoms with E-state index in [1.165, 1.54) is 25.3 Å². The predicted molar refractivity (Wildman–Crippen MR) is 86.0 cm³/mol. The summed E-state index contributed by atoms with van der Waals surface area (Å²) in [6, 6.07) is 5.87. The van der Waals surface area contributed by atoms with Gasteiger partial charge in [-0.25, -0.2) is 0 Å². The zero-order valence-corrected chi connectivity index (χ0v) is 13.8. The summed E-state index contributed by atoms with van der Waals surface area (Å²) in [6.45, 7) is 2.58. The molecule has 1 heterocycles. The maximum atomic E-state index is 12.4. The number of carbonyl (C=O) groups is 1. The molecule has 24 heavy (non-hydrogen) atoms. The molecule has 1 amide bonds. The molecule has 7 heteroatoms. The molecule has 128 valence electrons. The third-order valence-electron chi connectivity index (χ3n) is 3.41. The quantitative estimate of drug-likeness (QED) is 0.900. The summed E-state index contributed by atoms with van der Waals surface area (Å²) < 4.78 is 34.0. The van der Waals surface area contributed by atoms with E-state index < -0.39 is 12.5 Å². The Morgan fingerprint density at radius 1 is 1.17 bits per heavy atom. The summed E-state index contributed by atoms with van der Waals surface area (Å²) in [5, 5.41) is 2.79. The SMILES string of the molecule is COc1cc(C(=O)Nc2c(C)cc(C)nc2C)ccc1OC(F)F. The van der Waals surface area contributed by atoms with Crippen LogP contribution in [0.3, 0.4) is 0 Å². The Kier molecular flexibility index (Phi) is 5.33. The molecular formula is C17H18F2N2O3. The number of methoxy groups -OCH3 is 1. The number of ether oxygens (including phenoxy) is 2. The number of amides is 1. The fraction of sp³-hybridized carbons (Fsp3) is 0.294. The molecule has 0 bridgehead atoms. The number of aromatic nitrogens is 1. The minimum atomic E-state index is -2.97. The Bertz CT molecular complexity index is 740. The lowest BCUT2D eigenvalue weighted by molar-refractivity contribution is -0.0512. The minimum absolute atomic E-state index is 0.0541. The number of halogens is 2. The maximum absolute atomic E-state index is 12.4. The lowest BCUT2D eigenvalue weighted by Gasteiger charge is -2.14. The summed E-state index contributed by atoms with van der Waals surface area (Å²) in [6.07, 6.45) is 0. The lowest BCUT2D eigenvalue weighted by atomic mass is 10.1. The van der Waals surface area contributed by atoms with Gasteiger partial charge in [0.15, 0.2) is 11.5 Å². The van der Waals surface area contributed by atoms with Crippen LogP contribution in [0.25, 0.3) is 0 Å². The first-order valence-corrected chi connectivity index (χ1v) is 7.21. The van der Waals surface area contributed by atoms with Crippen LogP contribution in [0.4, 0.5) is 14.5 Å². The van der Waals surface area contributed by atoms with E-state index >= 15 is 0 Å². The minimum Gasteiger partial charge on any atom is -0.493 e. The van der Waals surface area contributed by atoms with Gasteiger partial charge in [-0.1, -0.05) is 0 Å². The van der Waals surface area contributed by atoms with Crippen LogP contribution in [0.15, 0.2) is 24.3 Å². The predicted octanol–water partition coefficient (Wildman–Crippen LogP) is 3.87. The van der Waals surface area contributed by atoms with Gasteiger partial charge in [0, 0.05) is 11.3 Å². The van der Waals surface area contributed by atoms with Crippen molar-refractivity contribution >= 4 is 11.6 Å². The number of carbonyl (C=O) groups excluding carboxylic acids is 1. The van der Waals surface area contributed by atoms with E-state index in [0.717, 1.165) is 11.3 Å². The van der Waals surface area contributed by atoms with E-state index in [1.54, 1.807) is 6.92 Å². The summed E-state index contributed by atoms with van der Waals surface area (Å²) in [5.74, 6) is -0.472. The molecule has 0 aliphatic carbocycles. The maximum Gasteiger partial charge on any atom is 0.387 e. The van der Waals surface area contributed by atoms with Crippen LogP contribution in [0.1, 0.15) is 27.3 Å². The van der Waals surface area contributed by atoms with E-state index in [9.17, 15) is 13.6 Å². The first-order chi connectivity index (χ1) is 11.3. The van der Waals surface area contributed by atoms with E-state index in [-0.39, 0.29) is 17.1 Å². The Morgan fingerprint density at radius 3 is 2.46 bits per heavy atom. The van der Waals surface area contributed by atoms with Crippen molar-refractivity contribution in [3.05, 3.63) is 46.8 Å². The second kappa shape index (κ2) is 7.25. The molecule has 0 atom stereocenters. The third kappa shape index (κ3) is 3.98. The van der Waals surface area contributed by atoms with Crippen LogP contribution in [0, 0.1) is 20.8 Å². The first kappa shape index (κ1) is 17.7. The molecule has 1 N–H and O–H groups in total. The smallest absolute Gasteiger partial charge is 0.387 e. The molecule has 0 fully saturated rings. The highest BCUT2D eigenvalue weighted by Gasteiger charge is 2.16. The molecule has 0 spiro atoms. The zero-order valence-electron chi connectivity index (χ0n) is 13.8. The Morgan fingerprint density at radius 2 is 1.88 bits per heavy atom. The summed E-state index contributed by atoms with van der Waals surface area (Å²) in [5.41, 5.74) is 3.33. The van der Waals surface area contributed by atoms with Crippen molar-refractivity contribution in [2.24, 2.45) is 0 Å². The van der Waals surface area contributed by atoms with Crippen molar-refractivity contribution in [3.8, 4) is 11.5 Å². The monoisotopic (exact) mass is 336 g/mol. The van der Waals surface area contributed by atoms with Gasteiger partial charge in [-0.15, -0.1) is 0 Å². The number of pyridine rings is 1. The topological polar surface area (TPSA) is 60.5 Å². The Balaban J connectivity index is 2.27. The highest BCUT2D eigenvalue weighted by molar-refractivity contribution is 6.05. The number of hydrogen-bond donors (Lipinski definition) is 1. The molecule has 1 aromatic carbocycles.